The molecule has 0 radical (unpaired) electrons. The molecule has 106 valence electrons. The fourth-order valence-electron chi connectivity index (χ4n) is 2.14. The van der Waals surface area contributed by atoms with E-state index >= 15 is 0 Å². The van der Waals surface area contributed by atoms with Crippen LogP contribution in [0.5, 0.6) is 0 Å². The van der Waals surface area contributed by atoms with Crippen molar-refractivity contribution in [1.29, 1.82) is 0 Å². The highest BCUT2D eigenvalue weighted by Crippen LogP contribution is 2.18. The summed E-state index contributed by atoms with van der Waals surface area (Å²) in [5, 5.41) is 0. The van der Waals surface area contributed by atoms with Crippen molar-refractivity contribution in [3.8, 4) is 0 Å². The number of hydrogen-bond donors (Lipinski definition) is 1. The maximum atomic E-state index is 13.4. The number of rotatable bonds is 8. The van der Waals surface area contributed by atoms with Crippen molar-refractivity contribution < 1.29 is 13.6 Å². The molecule has 2 N–H and O–H groups in total. The first-order chi connectivity index (χ1) is 9.08. The number of benzene rings is 1. The molecule has 0 aliphatic rings. The van der Waals surface area contributed by atoms with Crippen LogP contribution in [0.2, 0.25) is 0 Å². The van der Waals surface area contributed by atoms with Gasteiger partial charge >= 0.3 is 0 Å². The predicted molar refractivity (Wildman–Crippen MR) is 71.8 cm³/mol. The Balaban J connectivity index is 2.51. The second-order valence-electron chi connectivity index (χ2n) is 4.81. The van der Waals surface area contributed by atoms with Crippen molar-refractivity contribution >= 4 is 5.78 Å². The van der Waals surface area contributed by atoms with Crippen molar-refractivity contribution in [2.45, 2.75) is 39.0 Å². The Labute approximate surface area is 113 Å². The lowest BCUT2D eigenvalue weighted by Gasteiger charge is -2.12. The summed E-state index contributed by atoms with van der Waals surface area (Å²) in [5.41, 5.74) is 5.36. The summed E-state index contributed by atoms with van der Waals surface area (Å²) in [6.45, 7) is 2.66. The van der Waals surface area contributed by atoms with E-state index in [4.69, 9.17) is 5.73 Å². The largest absolute Gasteiger partial charge is 0.330 e. The second kappa shape index (κ2) is 8.00. The highest BCUT2D eigenvalue weighted by Gasteiger charge is 2.14. The molecule has 0 bridgehead atoms. The number of hydrogen-bond acceptors (Lipinski definition) is 2. The van der Waals surface area contributed by atoms with E-state index in [9.17, 15) is 13.6 Å². The van der Waals surface area contributed by atoms with Crippen molar-refractivity contribution in [3.05, 3.63) is 35.4 Å². The smallest absolute Gasteiger partial charge is 0.137 e. The van der Waals surface area contributed by atoms with Gasteiger partial charge in [-0.1, -0.05) is 19.4 Å². The van der Waals surface area contributed by atoms with Crippen molar-refractivity contribution in [1.82, 2.24) is 0 Å². The maximum absolute atomic E-state index is 13.4. The zero-order chi connectivity index (χ0) is 14.3. The monoisotopic (exact) mass is 269 g/mol. The van der Waals surface area contributed by atoms with E-state index in [-0.39, 0.29) is 17.8 Å². The first kappa shape index (κ1) is 15.8. The van der Waals surface area contributed by atoms with Crippen LogP contribution in [0.25, 0.3) is 0 Å². The van der Waals surface area contributed by atoms with E-state index < -0.39 is 11.6 Å². The van der Waals surface area contributed by atoms with E-state index in [0.717, 1.165) is 19.3 Å². The fourth-order valence-corrected chi connectivity index (χ4v) is 2.14. The van der Waals surface area contributed by atoms with Crippen molar-refractivity contribution in [2.75, 3.05) is 6.54 Å². The van der Waals surface area contributed by atoms with Gasteiger partial charge in [0.1, 0.15) is 17.4 Å². The third kappa shape index (κ3) is 5.07. The molecule has 1 rings (SSSR count). The molecule has 1 unspecified atom stereocenters. The van der Waals surface area contributed by atoms with Crippen LogP contribution >= 0.6 is 0 Å². The lowest BCUT2D eigenvalue weighted by molar-refractivity contribution is -0.118. The van der Waals surface area contributed by atoms with Crippen LogP contribution < -0.4 is 5.73 Å². The number of carbonyl (C=O) groups is 1. The van der Waals surface area contributed by atoms with Crippen molar-refractivity contribution in [3.63, 3.8) is 0 Å². The summed E-state index contributed by atoms with van der Waals surface area (Å²) < 4.78 is 26.8. The van der Waals surface area contributed by atoms with Gasteiger partial charge in [0.2, 0.25) is 0 Å². The van der Waals surface area contributed by atoms with Gasteiger partial charge in [-0.15, -0.1) is 0 Å². The molecule has 0 saturated carbocycles. The molecular weight excluding hydrogens is 248 g/mol. The maximum Gasteiger partial charge on any atom is 0.137 e. The first-order valence-electron chi connectivity index (χ1n) is 6.73. The molecule has 1 aromatic carbocycles. The molecule has 1 aromatic rings. The Bertz CT molecular complexity index is 400. The summed E-state index contributed by atoms with van der Waals surface area (Å²) in [6.07, 6.45) is 2.78. The fraction of sp³-hybridized carbons (Fsp3) is 0.533. The minimum Gasteiger partial charge on any atom is -0.330 e. The summed E-state index contributed by atoms with van der Waals surface area (Å²) in [4.78, 5) is 11.8. The van der Waals surface area contributed by atoms with Gasteiger partial charge in [0.15, 0.2) is 0 Å². The van der Waals surface area contributed by atoms with Crippen LogP contribution in [-0.2, 0) is 11.2 Å². The third-order valence-corrected chi connectivity index (χ3v) is 3.42. The Morgan fingerprint density at radius 1 is 1.26 bits per heavy atom. The summed E-state index contributed by atoms with van der Waals surface area (Å²) in [6, 6.07) is 3.65. The SMILES string of the molecule is CCC(CCN)CCC(=O)Cc1c(F)cccc1F. The van der Waals surface area contributed by atoms with Gasteiger partial charge < -0.3 is 5.73 Å². The van der Waals surface area contributed by atoms with Crippen LogP contribution in [0.1, 0.15) is 38.2 Å². The highest BCUT2D eigenvalue weighted by molar-refractivity contribution is 5.80. The topological polar surface area (TPSA) is 43.1 Å². The molecule has 0 heterocycles. The molecule has 0 fully saturated rings. The molecule has 0 aliphatic heterocycles. The van der Waals surface area contributed by atoms with Crippen LogP contribution in [0.3, 0.4) is 0 Å². The standard InChI is InChI=1S/C15H21F2NO/c1-2-11(8-9-18)6-7-12(19)10-13-14(16)4-3-5-15(13)17/h3-5,11H,2,6-10,18H2,1H3. The Morgan fingerprint density at radius 3 is 2.42 bits per heavy atom. The minimum atomic E-state index is -0.651. The van der Waals surface area contributed by atoms with Gasteiger partial charge in [-0.2, -0.15) is 0 Å². The third-order valence-electron chi connectivity index (χ3n) is 3.42. The van der Waals surface area contributed by atoms with Crippen LogP contribution in [0.4, 0.5) is 8.78 Å². The summed E-state index contributed by atoms with van der Waals surface area (Å²) >= 11 is 0. The Morgan fingerprint density at radius 2 is 1.89 bits per heavy atom. The first-order valence-corrected chi connectivity index (χ1v) is 6.73. The molecule has 4 heteroatoms. The van der Waals surface area contributed by atoms with E-state index in [1.165, 1.54) is 18.2 Å². The zero-order valence-electron chi connectivity index (χ0n) is 11.3. The Kier molecular flexibility index (Phi) is 6.64. The van der Waals surface area contributed by atoms with Crippen molar-refractivity contribution in [2.24, 2.45) is 11.7 Å². The lowest BCUT2D eigenvalue weighted by atomic mass is 9.94. The quantitative estimate of drug-likeness (QED) is 0.787. The molecule has 1 atom stereocenters. The second-order valence-corrected chi connectivity index (χ2v) is 4.81. The molecule has 19 heavy (non-hydrogen) atoms. The normalized spacial score (nSPS) is 12.4. The van der Waals surface area contributed by atoms with Gasteiger partial charge in [-0.05, 0) is 37.4 Å². The molecule has 0 saturated heterocycles. The number of halogens is 2. The molecule has 0 amide bonds. The molecular formula is C15H21F2NO. The van der Waals surface area contributed by atoms with Gasteiger partial charge in [-0.3, -0.25) is 4.79 Å². The van der Waals surface area contributed by atoms with Crippen LogP contribution in [-0.4, -0.2) is 12.3 Å². The average molecular weight is 269 g/mol. The number of Topliss-reactive ketones (excluding diaryl/α,β-unsaturated/α-hetero) is 1. The molecule has 0 spiro atoms. The number of ketones is 1. The highest BCUT2D eigenvalue weighted by atomic mass is 19.1. The van der Waals surface area contributed by atoms with Gasteiger partial charge in [0, 0.05) is 18.4 Å². The van der Waals surface area contributed by atoms with E-state index in [2.05, 4.69) is 6.92 Å². The van der Waals surface area contributed by atoms with E-state index in [0.29, 0.717) is 18.9 Å². The van der Waals surface area contributed by atoms with Gasteiger partial charge in [0.05, 0.1) is 0 Å². The number of nitrogens with two attached hydrogens (primary N) is 1. The summed E-state index contributed by atoms with van der Waals surface area (Å²) in [7, 11) is 0. The molecule has 0 aliphatic carbocycles. The zero-order valence-corrected chi connectivity index (χ0v) is 11.3. The van der Waals surface area contributed by atoms with E-state index in [1.807, 2.05) is 0 Å². The van der Waals surface area contributed by atoms with Gasteiger partial charge in [-0.25, -0.2) is 8.78 Å². The average Bonchev–Trinajstić information content (AvgIpc) is 2.39. The van der Waals surface area contributed by atoms with Crippen LogP contribution in [0, 0.1) is 17.6 Å². The molecule has 0 aromatic heterocycles. The number of carbonyl (C=O) groups excluding carboxylic acids is 1. The molecule has 2 nitrogen and oxygen atoms in total. The van der Waals surface area contributed by atoms with Gasteiger partial charge in [0.25, 0.3) is 0 Å². The van der Waals surface area contributed by atoms with E-state index in [1.54, 1.807) is 0 Å². The lowest BCUT2D eigenvalue weighted by Crippen LogP contribution is -2.12. The Hall–Kier alpha value is -1.29. The summed E-state index contributed by atoms with van der Waals surface area (Å²) in [5.74, 6) is -1.01. The minimum absolute atomic E-state index is 0.125. The van der Waals surface area contributed by atoms with Crippen LogP contribution in [0.15, 0.2) is 18.2 Å². The predicted octanol–water partition coefficient (Wildman–Crippen LogP) is 3.23.